The maximum Gasteiger partial charge on any atom is 0.235 e. The summed E-state index contributed by atoms with van der Waals surface area (Å²) in [6.07, 6.45) is 3.33. The van der Waals surface area contributed by atoms with Gasteiger partial charge in [-0.2, -0.15) is 5.26 Å². The van der Waals surface area contributed by atoms with E-state index in [0.717, 1.165) is 19.4 Å². The van der Waals surface area contributed by atoms with Crippen molar-refractivity contribution in [2.75, 3.05) is 13.1 Å². The average Bonchev–Trinajstić information content (AvgIpc) is 2.38. The lowest BCUT2D eigenvalue weighted by molar-refractivity contribution is -0.124. The number of rotatable bonds is 5. The first-order valence-electron chi connectivity index (χ1n) is 7.52. The Morgan fingerprint density at radius 1 is 1.50 bits per heavy atom. The predicted molar refractivity (Wildman–Crippen MR) is 79.9 cm³/mol. The molecule has 5 heteroatoms. The topological polar surface area (TPSA) is 82.2 Å². The van der Waals surface area contributed by atoms with Crippen molar-refractivity contribution in [1.29, 1.82) is 5.26 Å². The largest absolute Gasteiger partial charge is 0.337 e. The van der Waals surface area contributed by atoms with Gasteiger partial charge in [-0.25, -0.2) is 0 Å². The number of likely N-dealkylation sites (tertiary alicyclic amines) is 1. The quantitative estimate of drug-likeness (QED) is 0.794. The summed E-state index contributed by atoms with van der Waals surface area (Å²) in [4.78, 5) is 14.4. The predicted octanol–water partition coefficient (Wildman–Crippen LogP) is 1.24. The van der Waals surface area contributed by atoms with E-state index in [0.29, 0.717) is 6.54 Å². The van der Waals surface area contributed by atoms with Crippen LogP contribution in [-0.4, -0.2) is 41.5 Å². The number of piperidine rings is 1. The van der Waals surface area contributed by atoms with Crippen LogP contribution in [-0.2, 0) is 4.79 Å². The van der Waals surface area contributed by atoms with Crippen LogP contribution in [0.2, 0.25) is 0 Å². The summed E-state index contributed by atoms with van der Waals surface area (Å²) in [5, 5.41) is 12.1. The standard InChI is InChI=1S/C15H28N4O/c1-11(2)15(4,10-16)18-14(20)9-19-8-6-5-7-13(19)12(3)17/h11-13H,5-9,17H2,1-4H3,(H,18,20). The van der Waals surface area contributed by atoms with Gasteiger partial charge in [0, 0.05) is 12.1 Å². The van der Waals surface area contributed by atoms with Gasteiger partial charge >= 0.3 is 0 Å². The lowest BCUT2D eigenvalue weighted by atomic mass is 9.90. The summed E-state index contributed by atoms with van der Waals surface area (Å²) < 4.78 is 0. The van der Waals surface area contributed by atoms with Crippen LogP contribution in [0.25, 0.3) is 0 Å². The van der Waals surface area contributed by atoms with Crippen LogP contribution in [0.4, 0.5) is 0 Å². The van der Waals surface area contributed by atoms with E-state index < -0.39 is 5.54 Å². The van der Waals surface area contributed by atoms with E-state index >= 15 is 0 Å². The molecule has 3 unspecified atom stereocenters. The zero-order valence-electron chi connectivity index (χ0n) is 13.1. The molecule has 0 aromatic heterocycles. The number of nitrogens with zero attached hydrogens (tertiary/aromatic N) is 2. The Bertz CT molecular complexity index is 375. The molecule has 0 spiro atoms. The number of carbonyl (C=O) groups excluding carboxylic acids is 1. The van der Waals surface area contributed by atoms with Crippen LogP contribution >= 0.6 is 0 Å². The molecular formula is C15H28N4O. The van der Waals surface area contributed by atoms with Gasteiger partial charge in [0.15, 0.2) is 0 Å². The Labute approximate surface area is 122 Å². The van der Waals surface area contributed by atoms with E-state index in [1.165, 1.54) is 6.42 Å². The number of hydrogen-bond donors (Lipinski definition) is 2. The van der Waals surface area contributed by atoms with Crippen molar-refractivity contribution in [2.45, 2.75) is 64.6 Å². The molecule has 1 aliphatic heterocycles. The van der Waals surface area contributed by atoms with Gasteiger partial charge in [-0.3, -0.25) is 9.69 Å². The summed E-state index contributed by atoms with van der Waals surface area (Å²) in [6.45, 7) is 8.88. The second-order valence-electron chi connectivity index (χ2n) is 6.41. The molecule has 3 N–H and O–H groups in total. The fourth-order valence-corrected chi connectivity index (χ4v) is 2.62. The molecule has 5 nitrogen and oxygen atoms in total. The molecule has 0 aliphatic carbocycles. The summed E-state index contributed by atoms with van der Waals surface area (Å²) in [5.41, 5.74) is 5.20. The molecule has 1 rings (SSSR count). The van der Waals surface area contributed by atoms with Gasteiger partial charge < -0.3 is 11.1 Å². The number of carbonyl (C=O) groups is 1. The fourth-order valence-electron chi connectivity index (χ4n) is 2.62. The fraction of sp³-hybridized carbons (Fsp3) is 0.867. The molecule has 1 amide bonds. The first kappa shape index (κ1) is 16.9. The minimum atomic E-state index is -0.809. The van der Waals surface area contributed by atoms with Gasteiger partial charge in [0.25, 0.3) is 0 Å². The van der Waals surface area contributed by atoms with Gasteiger partial charge in [0.1, 0.15) is 5.54 Å². The van der Waals surface area contributed by atoms with E-state index in [9.17, 15) is 10.1 Å². The second kappa shape index (κ2) is 7.05. The summed E-state index contributed by atoms with van der Waals surface area (Å²) in [7, 11) is 0. The Morgan fingerprint density at radius 2 is 2.15 bits per heavy atom. The van der Waals surface area contributed by atoms with Crippen LogP contribution in [0.1, 0.15) is 47.0 Å². The van der Waals surface area contributed by atoms with Crippen molar-refractivity contribution in [3.8, 4) is 6.07 Å². The van der Waals surface area contributed by atoms with Crippen LogP contribution in [0, 0.1) is 17.2 Å². The molecule has 0 radical (unpaired) electrons. The maximum atomic E-state index is 12.2. The molecule has 1 saturated heterocycles. The van der Waals surface area contributed by atoms with Crippen molar-refractivity contribution in [2.24, 2.45) is 11.7 Å². The molecular weight excluding hydrogens is 252 g/mol. The van der Waals surface area contributed by atoms with E-state index in [4.69, 9.17) is 5.73 Å². The minimum Gasteiger partial charge on any atom is -0.337 e. The SMILES string of the molecule is CC(N)C1CCCCN1CC(=O)NC(C)(C#N)C(C)C. The number of nitrogens with one attached hydrogen (secondary N) is 1. The molecule has 1 aliphatic rings. The third kappa shape index (κ3) is 4.19. The number of nitriles is 1. The molecule has 114 valence electrons. The second-order valence-corrected chi connectivity index (χ2v) is 6.41. The van der Waals surface area contributed by atoms with E-state index in [-0.39, 0.29) is 23.9 Å². The summed E-state index contributed by atoms with van der Waals surface area (Å²) in [5.74, 6) is -0.0164. The van der Waals surface area contributed by atoms with Crippen LogP contribution < -0.4 is 11.1 Å². The minimum absolute atomic E-state index is 0.0653. The molecule has 20 heavy (non-hydrogen) atoms. The van der Waals surface area contributed by atoms with Crippen molar-refractivity contribution >= 4 is 5.91 Å². The Kier molecular flexibility index (Phi) is 5.97. The first-order valence-corrected chi connectivity index (χ1v) is 7.52. The third-order valence-electron chi connectivity index (χ3n) is 4.40. The lowest BCUT2D eigenvalue weighted by Gasteiger charge is -2.38. The van der Waals surface area contributed by atoms with Crippen LogP contribution in [0.3, 0.4) is 0 Å². The molecule has 0 aromatic rings. The third-order valence-corrected chi connectivity index (χ3v) is 4.40. The van der Waals surface area contributed by atoms with Crippen LogP contribution in [0.5, 0.6) is 0 Å². The summed E-state index contributed by atoms with van der Waals surface area (Å²) >= 11 is 0. The smallest absolute Gasteiger partial charge is 0.235 e. The van der Waals surface area contributed by atoms with Gasteiger partial charge in [-0.1, -0.05) is 20.3 Å². The molecule has 3 atom stereocenters. The lowest BCUT2D eigenvalue weighted by Crippen LogP contribution is -2.56. The highest BCUT2D eigenvalue weighted by Crippen LogP contribution is 2.19. The molecule has 0 bridgehead atoms. The van der Waals surface area contributed by atoms with E-state index in [1.807, 2.05) is 20.8 Å². The maximum absolute atomic E-state index is 12.2. The Hall–Kier alpha value is -1.12. The highest BCUT2D eigenvalue weighted by molar-refractivity contribution is 5.79. The van der Waals surface area contributed by atoms with Crippen LogP contribution in [0.15, 0.2) is 0 Å². The molecule has 0 aromatic carbocycles. The van der Waals surface area contributed by atoms with Gasteiger partial charge in [-0.05, 0) is 39.2 Å². The zero-order chi connectivity index (χ0) is 15.3. The average molecular weight is 280 g/mol. The van der Waals surface area contributed by atoms with Crippen molar-refractivity contribution < 1.29 is 4.79 Å². The van der Waals surface area contributed by atoms with E-state index in [1.54, 1.807) is 6.92 Å². The first-order chi connectivity index (χ1) is 9.30. The summed E-state index contributed by atoms with van der Waals surface area (Å²) in [6, 6.07) is 2.54. The van der Waals surface area contributed by atoms with Gasteiger partial charge in [-0.15, -0.1) is 0 Å². The molecule has 1 fully saturated rings. The molecule has 0 saturated carbocycles. The van der Waals surface area contributed by atoms with E-state index in [2.05, 4.69) is 16.3 Å². The Morgan fingerprint density at radius 3 is 2.65 bits per heavy atom. The van der Waals surface area contributed by atoms with Gasteiger partial charge in [0.2, 0.25) is 5.91 Å². The highest BCUT2D eigenvalue weighted by atomic mass is 16.2. The normalized spacial score (nSPS) is 24.8. The number of nitrogens with two attached hydrogens (primary N) is 1. The van der Waals surface area contributed by atoms with Crippen molar-refractivity contribution in [3.63, 3.8) is 0 Å². The van der Waals surface area contributed by atoms with Crippen molar-refractivity contribution in [1.82, 2.24) is 10.2 Å². The number of hydrogen-bond acceptors (Lipinski definition) is 4. The number of amides is 1. The Balaban J connectivity index is 2.63. The molecule has 1 heterocycles. The monoisotopic (exact) mass is 280 g/mol. The zero-order valence-corrected chi connectivity index (χ0v) is 13.1. The van der Waals surface area contributed by atoms with Gasteiger partial charge in [0.05, 0.1) is 12.6 Å². The highest BCUT2D eigenvalue weighted by Gasteiger charge is 2.32. The van der Waals surface area contributed by atoms with Crippen molar-refractivity contribution in [3.05, 3.63) is 0 Å².